The summed E-state index contributed by atoms with van der Waals surface area (Å²) in [4.78, 5) is 4.01. The van der Waals surface area contributed by atoms with Gasteiger partial charge in [0, 0.05) is 0 Å². The molecule has 3 heteroatoms. The standard InChI is InChI=1S/C5H5N2.Sn.H/c6-5-3-1-2-4-7-5;;/h1-3H,(H2,6,7);;. The van der Waals surface area contributed by atoms with E-state index in [-0.39, 0.29) is 0 Å². The average molecular weight is 213 g/mol. The van der Waals surface area contributed by atoms with Gasteiger partial charge in [-0.2, -0.15) is 0 Å². The number of nitrogen functional groups attached to an aromatic ring is 1. The summed E-state index contributed by atoms with van der Waals surface area (Å²) in [7, 11) is 0. The molecule has 1 rings (SSSR count). The summed E-state index contributed by atoms with van der Waals surface area (Å²) >= 11 is 1.04. The van der Waals surface area contributed by atoms with E-state index in [4.69, 9.17) is 5.73 Å². The molecule has 0 fully saturated rings. The van der Waals surface area contributed by atoms with Crippen LogP contribution in [0.15, 0.2) is 18.2 Å². The molecular weight excluding hydrogens is 207 g/mol. The zero-order chi connectivity index (χ0) is 5.98. The van der Waals surface area contributed by atoms with Gasteiger partial charge in [-0.15, -0.1) is 0 Å². The minimum atomic E-state index is 0.620. The van der Waals surface area contributed by atoms with Crippen molar-refractivity contribution in [3.63, 3.8) is 0 Å². The van der Waals surface area contributed by atoms with Crippen molar-refractivity contribution in [1.82, 2.24) is 4.98 Å². The molecule has 0 aliphatic rings. The second kappa shape index (κ2) is 2.35. The quantitative estimate of drug-likeness (QED) is 0.572. The Bertz CT molecular complexity index is 170. The molecule has 0 saturated carbocycles. The van der Waals surface area contributed by atoms with Crippen LogP contribution in [0.4, 0.5) is 5.82 Å². The van der Waals surface area contributed by atoms with Gasteiger partial charge in [-0.25, -0.2) is 0 Å². The number of anilines is 1. The van der Waals surface area contributed by atoms with Crippen LogP contribution in [0.5, 0.6) is 0 Å². The van der Waals surface area contributed by atoms with Crippen LogP contribution in [0.2, 0.25) is 0 Å². The molecule has 2 nitrogen and oxygen atoms in total. The summed E-state index contributed by atoms with van der Waals surface area (Å²) in [6, 6.07) is 5.68. The fourth-order valence-electron chi connectivity index (χ4n) is 0.469. The Hall–Kier alpha value is -0.251. The first-order chi connectivity index (χ1) is 3.79. The van der Waals surface area contributed by atoms with Gasteiger partial charge >= 0.3 is 61.0 Å². The third kappa shape index (κ3) is 1.36. The predicted molar refractivity (Wildman–Crippen MR) is 35.4 cm³/mol. The molecule has 2 N–H and O–H groups in total. The van der Waals surface area contributed by atoms with Crippen LogP contribution in [0.3, 0.4) is 0 Å². The fraction of sp³-hybridized carbons (Fsp3) is 0. The van der Waals surface area contributed by atoms with Crippen LogP contribution < -0.4 is 9.44 Å². The van der Waals surface area contributed by atoms with E-state index in [9.17, 15) is 0 Å². The molecule has 0 spiro atoms. The van der Waals surface area contributed by atoms with Crippen molar-refractivity contribution in [1.29, 1.82) is 0 Å². The predicted octanol–water partition coefficient (Wildman–Crippen LogP) is -0.810. The van der Waals surface area contributed by atoms with E-state index in [1.165, 1.54) is 0 Å². The van der Waals surface area contributed by atoms with Crippen molar-refractivity contribution in [3.8, 4) is 0 Å². The van der Waals surface area contributed by atoms with Gasteiger partial charge in [0.2, 0.25) is 0 Å². The first kappa shape index (κ1) is 5.88. The monoisotopic (exact) mass is 214 g/mol. The van der Waals surface area contributed by atoms with Crippen molar-refractivity contribution in [2.24, 2.45) is 0 Å². The van der Waals surface area contributed by atoms with Crippen molar-refractivity contribution >= 4 is 32.1 Å². The number of hydrogen-bond donors (Lipinski definition) is 1. The third-order valence-electron chi connectivity index (χ3n) is 0.792. The fourth-order valence-corrected chi connectivity index (χ4v) is 1.21. The van der Waals surface area contributed by atoms with E-state index in [2.05, 4.69) is 4.98 Å². The summed E-state index contributed by atoms with van der Waals surface area (Å²) in [5.41, 5.74) is 5.37. The van der Waals surface area contributed by atoms with Crippen LogP contribution in [0.1, 0.15) is 0 Å². The Morgan fingerprint density at radius 2 is 2.25 bits per heavy atom. The van der Waals surface area contributed by atoms with Gasteiger partial charge in [0.1, 0.15) is 0 Å². The Morgan fingerprint density at radius 1 is 1.50 bits per heavy atom. The number of aromatic nitrogens is 1. The summed E-state index contributed by atoms with van der Waals surface area (Å²) < 4.78 is 1.09. The van der Waals surface area contributed by atoms with Crippen LogP contribution in [0, 0.1) is 0 Å². The normalized spacial score (nSPS) is 9.12. The SMILES string of the molecule is Nc1ccc[c]([SnH])n1. The van der Waals surface area contributed by atoms with E-state index in [1.54, 1.807) is 6.07 Å². The Morgan fingerprint density at radius 3 is 2.62 bits per heavy atom. The first-order valence-corrected chi connectivity index (χ1v) is 3.92. The summed E-state index contributed by atoms with van der Waals surface area (Å²) in [5.74, 6) is 0.620. The zero-order valence-corrected chi connectivity index (χ0v) is 7.63. The van der Waals surface area contributed by atoms with Gasteiger partial charge in [0.05, 0.1) is 0 Å². The van der Waals surface area contributed by atoms with Crippen molar-refractivity contribution in [3.05, 3.63) is 18.2 Å². The first-order valence-electron chi connectivity index (χ1n) is 2.27. The van der Waals surface area contributed by atoms with Crippen molar-refractivity contribution in [2.75, 3.05) is 5.73 Å². The van der Waals surface area contributed by atoms with E-state index in [0.717, 1.165) is 26.2 Å². The molecule has 1 heterocycles. The van der Waals surface area contributed by atoms with Gasteiger partial charge in [0.25, 0.3) is 0 Å². The Kier molecular flexibility index (Phi) is 1.72. The molecule has 8 heavy (non-hydrogen) atoms. The van der Waals surface area contributed by atoms with Gasteiger partial charge in [0.15, 0.2) is 0 Å². The van der Waals surface area contributed by atoms with Gasteiger partial charge < -0.3 is 0 Å². The molecular formula is C5H6N2Sn. The molecule has 0 atom stereocenters. The molecule has 0 aliphatic carbocycles. The van der Waals surface area contributed by atoms with Gasteiger partial charge in [-0.05, 0) is 0 Å². The molecule has 0 amide bonds. The van der Waals surface area contributed by atoms with E-state index in [1.807, 2.05) is 12.1 Å². The van der Waals surface area contributed by atoms with E-state index < -0.39 is 0 Å². The van der Waals surface area contributed by atoms with Crippen LogP contribution >= 0.6 is 0 Å². The molecule has 0 unspecified atom stereocenters. The molecule has 0 aliphatic heterocycles. The molecule has 1 aromatic rings. The topological polar surface area (TPSA) is 38.9 Å². The zero-order valence-electron chi connectivity index (χ0n) is 4.33. The summed E-state index contributed by atoms with van der Waals surface area (Å²) in [6.07, 6.45) is 0. The maximum atomic E-state index is 5.37. The number of hydrogen-bond acceptors (Lipinski definition) is 2. The van der Waals surface area contributed by atoms with Crippen LogP contribution in [-0.2, 0) is 0 Å². The Balaban J connectivity index is 3.08. The number of nitrogens with zero attached hydrogens (tertiary/aromatic N) is 1. The second-order valence-corrected chi connectivity index (χ2v) is 3.18. The van der Waals surface area contributed by atoms with Crippen LogP contribution in [0.25, 0.3) is 0 Å². The van der Waals surface area contributed by atoms with Gasteiger partial charge in [-0.1, -0.05) is 0 Å². The van der Waals surface area contributed by atoms with Crippen molar-refractivity contribution < 1.29 is 0 Å². The molecule has 0 saturated heterocycles. The summed E-state index contributed by atoms with van der Waals surface area (Å²) in [6.45, 7) is 0. The second-order valence-electron chi connectivity index (χ2n) is 1.49. The summed E-state index contributed by atoms with van der Waals surface area (Å²) in [5, 5.41) is 0. The molecule has 40 valence electrons. The van der Waals surface area contributed by atoms with Gasteiger partial charge in [-0.3, -0.25) is 0 Å². The number of rotatable bonds is 0. The molecule has 1 aromatic heterocycles. The van der Waals surface area contributed by atoms with E-state index in [0.29, 0.717) is 5.82 Å². The van der Waals surface area contributed by atoms with Crippen molar-refractivity contribution in [2.45, 2.75) is 0 Å². The van der Waals surface area contributed by atoms with E-state index >= 15 is 0 Å². The average Bonchev–Trinajstić information content (AvgIpc) is 1.64. The minimum absolute atomic E-state index is 0.620. The number of pyridine rings is 1. The molecule has 2 radical (unpaired) electrons. The Labute approximate surface area is 61.2 Å². The maximum absolute atomic E-state index is 5.37. The molecule has 0 aromatic carbocycles. The number of nitrogens with two attached hydrogens (primary N) is 1. The van der Waals surface area contributed by atoms with Crippen LogP contribution in [-0.4, -0.2) is 27.5 Å². The molecule has 0 bridgehead atoms. The third-order valence-corrected chi connectivity index (χ3v) is 1.71.